The lowest BCUT2D eigenvalue weighted by Gasteiger charge is -2.09. The van der Waals surface area contributed by atoms with Crippen molar-refractivity contribution < 1.29 is 9.53 Å². The van der Waals surface area contributed by atoms with Crippen LogP contribution in [0.3, 0.4) is 0 Å². The Labute approximate surface area is 163 Å². The molecule has 1 aromatic heterocycles. The largest absolute Gasteiger partial charge is 0.437 e. The Bertz CT molecular complexity index is 870. The van der Waals surface area contributed by atoms with Gasteiger partial charge in [0.05, 0.1) is 5.75 Å². The molecule has 3 rings (SSSR count). The van der Waals surface area contributed by atoms with E-state index in [1.165, 1.54) is 17.3 Å². The number of amides is 1. The van der Waals surface area contributed by atoms with Crippen molar-refractivity contribution in [2.75, 3.05) is 5.75 Å². The summed E-state index contributed by atoms with van der Waals surface area (Å²) in [6, 6.07) is 17.6. The Balaban J connectivity index is 1.52. The van der Waals surface area contributed by atoms with Crippen molar-refractivity contribution in [3.8, 4) is 11.6 Å². The number of rotatable bonds is 8. The van der Waals surface area contributed by atoms with Crippen LogP contribution in [-0.4, -0.2) is 21.6 Å². The highest BCUT2D eigenvalue weighted by Crippen LogP contribution is 2.28. The maximum absolute atomic E-state index is 12.2. The minimum absolute atomic E-state index is 0.0594. The molecule has 0 bridgehead atoms. The Morgan fingerprint density at radius 1 is 1.00 bits per heavy atom. The summed E-state index contributed by atoms with van der Waals surface area (Å²) in [5.41, 5.74) is 2.37. The average molecular weight is 379 g/mol. The summed E-state index contributed by atoms with van der Waals surface area (Å²) >= 11 is 1.30. The molecule has 0 radical (unpaired) electrons. The van der Waals surface area contributed by atoms with Gasteiger partial charge < -0.3 is 10.1 Å². The zero-order valence-electron chi connectivity index (χ0n) is 15.1. The second-order valence-electron chi connectivity index (χ2n) is 5.82. The lowest BCUT2D eigenvalue weighted by atomic mass is 10.1. The molecule has 2 aromatic carbocycles. The predicted octanol–water partition coefficient (Wildman–Crippen LogP) is 4.24. The zero-order chi connectivity index (χ0) is 18.9. The summed E-state index contributed by atoms with van der Waals surface area (Å²) in [4.78, 5) is 20.7. The summed E-state index contributed by atoms with van der Waals surface area (Å²) in [5.74, 6) is 1.27. The van der Waals surface area contributed by atoms with Gasteiger partial charge >= 0.3 is 0 Å². The molecule has 0 aliphatic carbocycles. The highest BCUT2D eigenvalue weighted by molar-refractivity contribution is 8.00. The minimum atomic E-state index is -0.0594. The number of hydrogen-bond acceptors (Lipinski definition) is 5. The van der Waals surface area contributed by atoms with Crippen molar-refractivity contribution in [3.63, 3.8) is 0 Å². The van der Waals surface area contributed by atoms with Crippen molar-refractivity contribution in [2.24, 2.45) is 0 Å². The molecule has 0 aliphatic rings. The molecule has 5 nitrogen and oxygen atoms in total. The first-order valence-corrected chi connectivity index (χ1v) is 9.74. The molecule has 0 atom stereocenters. The van der Waals surface area contributed by atoms with Crippen LogP contribution in [0.4, 0.5) is 0 Å². The fraction of sp³-hybridized carbons (Fsp3) is 0.190. The van der Waals surface area contributed by atoms with E-state index in [0.717, 1.165) is 12.0 Å². The Morgan fingerprint density at radius 3 is 2.44 bits per heavy atom. The summed E-state index contributed by atoms with van der Waals surface area (Å²) < 4.78 is 5.77. The van der Waals surface area contributed by atoms with Gasteiger partial charge in [0.15, 0.2) is 5.03 Å². The molecule has 0 spiro atoms. The van der Waals surface area contributed by atoms with Crippen LogP contribution >= 0.6 is 11.8 Å². The minimum Gasteiger partial charge on any atom is -0.437 e. The van der Waals surface area contributed by atoms with Crippen LogP contribution in [0.5, 0.6) is 11.6 Å². The number of thioether (sulfide) groups is 1. The summed E-state index contributed by atoms with van der Waals surface area (Å²) in [6.07, 6.45) is 4.17. The summed E-state index contributed by atoms with van der Waals surface area (Å²) in [7, 11) is 0. The number of para-hydroxylation sites is 1. The number of nitrogens with zero attached hydrogens (tertiary/aromatic N) is 2. The van der Waals surface area contributed by atoms with Crippen LogP contribution in [-0.2, 0) is 17.8 Å². The average Bonchev–Trinajstić information content (AvgIpc) is 2.73. The number of aryl methyl sites for hydroxylation is 1. The lowest BCUT2D eigenvalue weighted by Crippen LogP contribution is -2.24. The summed E-state index contributed by atoms with van der Waals surface area (Å²) in [6.45, 7) is 2.63. The number of nitrogens with one attached hydrogen (secondary N) is 1. The third kappa shape index (κ3) is 5.82. The van der Waals surface area contributed by atoms with E-state index < -0.39 is 0 Å². The van der Waals surface area contributed by atoms with Gasteiger partial charge in [-0.15, -0.1) is 0 Å². The van der Waals surface area contributed by atoms with Crippen molar-refractivity contribution in [1.29, 1.82) is 0 Å². The second-order valence-corrected chi connectivity index (χ2v) is 6.78. The first-order valence-electron chi connectivity index (χ1n) is 8.76. The molecule has 27 heavy (non-hydrogen) atoms. The van der Waals surface area contributed by atoms with Gasteiger partial charge in [-0.1, -0.05) is 61.2 Å². The van der Waals surface area contributed by atoms with E-state index in [1.54, 1.807) is 12.4 Å². The molecule has 3 aromatic rings. The quantitative estimate of drug-likeness (QED) is 0.593. The van der Waals surface area contributed by atoms with Crippen LogP contribution in [0.15, 0.2) is 72.0 Å². The molecule has 0 aliphatic heterocycles. The lowest BCUT2D eigenvalue weighted by molar-refractivity contribution is -0.118. The van der Waals surface area contributed by atoms with Gasteiger partial charge in [0.25, 0.3) is 5.88 Å². The molecular formula is C21H21N3O2S. The molecule has 0 fully saturated rings. The van der Waals surface area contributed by atoms with E-state index in [2.05, 4.69) is 34.3 Å². The predicted molar refractivity (Wildman–Crippen MR) is 107 cm³/mol. The Hall–Kier alpha value is -2.86. The van der Waals surface area contributed by atoms with E-state index in [1.807, 2.05) is 42.5 Å². The van der Waals surface area contributed by atoms with Gasteiger partial charge in [-0.2, -0.15) is 0 Å². The van der Waals surface area contributed by atoms with Gasteiger partial charge in [-0.05, 0) is 29.7 Å². The first kappa shape index (κ1) is 18.9. The van der Waals surface area contributed by atoms with E-state index in [-0.39, 0.29) is 11.7 Å². The maximum Gasteiger partial charge on any atom is 0.252 e. The van der Waals surface area contributed by atoms with Crippen LogP contribution in [0.1, 0.15) is 18.1 Å². The van der Waals surface area contributed by atoms with E-state index >= 15 is 0 Å². The van der Waals surface area contributed by atoms with Crippen molar-refractivity contribution in [1.82, 2.24) is 15.3 Å². The molecule has 0 saturated carbocycles. The Morgan fingerprint density at radius 2 is 1.70 bits per heavy atom. The van der Waals surface area contributed by atoms with Gasteiger partial charge in [0.1, 0.15) is 5.75 Å². The third-order valence-corrected chi connectivity index (χ3v) is 4.81. The first-order chi connectivity index (χ1) is 13.2. The van der Waals surface area contributed by atoms with Gasteiger partial charge in [-0.25, -0.2) is 9.97 Å². The molecule has 6 heteroatoms. The van der Waals surface area contributed by atoms with Crippen LogP contribution < -0.4 is 10.1 Å². The van der Waals surface area contributed by atoms with Crippen molar-refractivity contribution in [3.05, 3.63) is 78.1 Å². The number of aromatic nitrogens is 2. The van der Waals surface area contributed by atoms with Crippen molar-refractivity contribution >= 4 is 17.7 Å². The standard InChI is InChI=1S/C21H21N3O2S/c1-2-16-8-10-17(11-9-16)14-24-19(25)15-27-21-20(22-12-13-23-21)26-18-6-4-3-5-7-18/h3-13H,2,14-15H2,1H3,(H,24,25). The molecule has 0 unspecified atom stereocenters. The van der Waals surface area contributed by atoms with Gasteiger partial charge in [-0.3, -0.25) is 4.79 Å². The van der Waals surface area contributed by atoms with Crippen LogP contribution in [0.2, 0.25) is 0 Å². The van der Waals surface area contributed by atoms with E-state index in [9.17, 15) is 4.79 Å². The maximum atomic E-state index is 12.2. The number of carbonyl (C=O) groups is 1. The fourth-order valence-electron chi connectivity index (χ4n) is 2.36. The molecule has 138 valence electrons. The molecule has 0 saturated heterocycles. The zero-order valence-corrected chi connectivity index (χ0v) is 15.9. The van der Waals surface area contributed by atoms with Gasteiger partial charge in [0.2, 0.25) is 5.91 Å². The van der Waals surface area contributed by atoms with E-state index in [4.69, 9.17) is 4.74 Å². The molecule has 1 N–H and O–H groups in total. The highest BCUT2D eigenvalue weighted by Gasteiger charge is 2.11. The SMILES string of the molecule is CCc1ccc(CNC(=O)CSc2nccnc2Oc2ccccc2)cc1. The molecule has 1 amide bonds. The van der Waals surface area contributed by atoms with Crippen molar-refractivity contribution in [2.45, 2.75) is 24.9 Å². The normalized spacial score (nSPS) is 10.4. The Kier molecular flexibility index (Phi) is 6.82. The number of ether oxygens (including phenoxy) is 1. The monoisotopic (exact) mass is 379 g/mol. The van der Waals surface area contributed by atoms with Crippen LogP contribution in [0.25, 0.3) is 0 Å². The fourth-order valence-corrected chi connectivity index (χ4v) is 3.08. The molecule has 1 heterocycles. The number of benzene rings is 2. The van der Waals surface area contributed by atoms with Gasteiger partial charge in [0, 0.05) is 18.9 Å². The van der Waals surface area contributed by atoms with Crippen LogP contribution in [0, 0.1) is 0 Å². The number of hydrogen-bond donors (Lipinski definition) is 1. The summed E-state index contributed by atoms with van der Waals surface area (Å²) in [5, 5.41) is 3.51. The smallest absolute Gasteiger partial charge is 0.252 e. The topological polar surface area (TPSA) is 64.1 Å². The number of carbonyl (C=O) groups excluding carboxylic acids is 1. The molecular weight excluding hydrogens is 358 g/mol. The third-order valence-electron chi connectivity index (χ3n) is 3.85. The van der Waals surface area contributed by atoms with E-state index in [0.29, 0.717) is 23.2 Å². The highest BCUT2D eigenvalue weighted by atomic mass is 32.2. The second kappa shape index (κ2) is 9.73.